The van der Waals surface area contributed by atoms with Gasteiger partial charge in [-0.2, -0.15) is 0 Å². The maximum Gasteiger partial charge on any atom is 0.326 e. The summed E-state index contributed by atoms with van der Waals surface area (Å²) in [6.07, 6.45) is 3.52. The van der Waals surface area contributed by atoms with Crippen LogP contribution in [0.2, 0.25) is 5.02 Å². The van der Waals surface area contributed by atoms with E-state index in [0.717, 1.165) is 17.0 Å². The summed E-state index contributed by atoms with van der Waals surface area (Å²) in [6, 6.07) is 14.0. The van der Waals surface area contributed by atoms with Gasteiger partial charge in [-0.25, -0.2) is 19.7 Å². The Hall–Kier alpha value is -3.45. The molecule has 27 heavy (non-hydrogen) atoms. The first-order valence-electron chi connectivity index (χ1n) is 8.21. The zero-order valence-corrected chi connectivity index (χ0v) is 15.1. The first kappa shape index (κ1) is 17.0. The number of imidazole rings is 1. The highest BCUT2D eigenvalue weighted by molar-refractivity contribution is 6.30. The number of benzene rings is 1. The SMILES string of the molecule is Cc1nc2ccccn2c1-c1ccnc(NC(=O)Nc2cccc(Cl)c2)n1. The Morgan fingerprint density at radius 3 is 2.81 bits per heavy atom. The van der Waals surface area contributed by atoms with Crippen LogP contribution in [0, 0.1) is 6.92 Å². The van der Waals surface area contributed by atoms with Gasteiger partial charge in [0.05, 0.1) is 17.1 Å². The molecule has 7 nitrogen and oxygen atoms in total. The smallest absolute Gasteiger partial charge is 0.308 e. The number of urea groups is 1. The van der Waals surface area contributed by atoms with Crippen molar-refractivity contribution in [2.75, 3.05) is 10.6 Å². The summed E-state index contributed by atoms with van der Waals surface area (Å²) in [7, 11) is 0. The van der Waals surface area contributed by atoms with Gasteiger partial charge in [0.2, 0.25) is 5.95 Å². The number of hydrogen-bond acceptors (Lipinski definition) is 4. The topological polar surface area (TPSA) is 84.2 Å². The van der Waals surface area contributed by atoms with Crippen LogP contribution >= 0.6 is 11.6 Å². The zero-order chi connectivity index (χ0) is 18.8. The van der Waals surface area contributed by atoms with Crippen molar-refractivity contribution in [3.05, 3.63) is 71.6 Å². The average molecular weight is 379 g/mol. The van der Waals surface area contributed by atoms with Crippen molar-refractivity contribution in [2.24, 2.45) is 0 Å². The lowest BCUT2D eigenvalue weighted by Crippen LogP contribution is -2.21. The number of pyridine rings is 1. The largest absolute Gasteiger partial charge is 0.326 e. The highest BCUT2D eigenvalue weighted by Gasteiger charge is 2.13. The molecule has 4 aromatic rings. The van der Waals surface area contributed by atoms with Crippen LogP contribution in [0.15, 0.2) is 60.9 Å². The van der Waals surface area contributed by atoms with Crippen LogP contribution in [0.1, 0.15) is 5.69 Å². The molecule has 0 atom stereocenters. The number of hydrogen-bond donors (Lipinski definition) is 2. The Morgan fingerprint density at radius 2 is 1.96 bits per heavy atom. The molecule has 2 N–H and O–H groups in total. The van der Waals surface area contributed by atoms with E-state index in [1.54, 1.807) is 36.5 Å². The fraction of sp³-hybridized carbons (Fsp3) is 0.0526. The van der Waals surface area contributed by atoms with Crippen LogP contribution in [0.3, 0.4) is 0 Å². The van der Waals surface area contributed by atoms with E-state index < -0.39 is 6.03 Å². The van der Waals surface area contributed by atoms with E-state index in [9.17, 15) is 4.79 Å². The second-order valence-electron chi connectivity index (χ2n) is 5.83. The minimum absolute atomic E-state index is 0.192. The maximum absolute atomic E-state index is 12.2. The number of rotatable bonds is 3. The van der Waals surface area contributed by atoms with Gasteiger partial charge in [-0.05, 0) is 43.3 Å². The highest BCUT2D eigenvalue weighted by atomic mass is 35.5. The van der Waals surface area contributed by atoms with Crippen molar-refractivity contribution in [3.63, 3.8) is 0 Å². The second kappa shape index (κ2) is 7.05. The van der Waals surface area contributed by atoms with Gasteiger partial charge in [0.15, 0.2) is 0 Å². The predicted molar refractivity (Wildman–Crippen MR) is 105 cm³/mol. The monoisotopic (exact) mass is 378 g/mol. The van der Waals surface area contributed by atoms with Gasteiger partial charge in [-0.15, -0.1) is 0 Å². The Morgan fingerprint density at radius 1 is 1.07 bits per heavy atom. The minimum Gasteiger partial charge on any atom is -0.308 e. The van der Waals surface area contributed by atoms with Crippen LogP contribution in [-0.2, 0) is 0 Å². The summed E-state index contributed by atoms with van der Waals surface area (Å²) in [5, 5.41) is 5.87. The standard InChI is InChI=1S/C19H15ClN6O/c1-12-17(26-10-3-2-7-16(26)22-12)15-8-9-21-18(24-15)25-19(27)23-14-6-4-5-13(20)11-14/h2-11H,1H3,(H2,21,23,24,25,27). The summed E-state index contributed by atoms with van der Waals surface area (Å²) in [6.45, 7) is 1.92. The molecule has 3 aromatic heterocycles. The van der Waals surface area contributed by atoms with Crippen LogP contribution in [0.25, 0.3) is 17.0 Å². The van der Waals surface area contributed by atoms with Gasteiger partial charge < -0.3 is 5.32 Å². The van der Waals surface area contributed by atoms with Gasteiger partial charge in [0, 0.05) is 23.1 Å². The number of carbonyl (C=O) groups is 1. The molecule has 0 aliphatic heterocycles. The highest BCUT2D eigenvalue weighted by Crippen LogP contribution is 2.23. The third kappa shape index (κ3) is 3.58. The van der Waals surface area contributed by atoms with Crippen LogP contribution in [0.4, 0.5) is 16.4 Å². The molecule has 4 rings (SSSR count). The molecule has 1 aromatic carbocycles. The van der Waals surface area contributed by atoms with Crippen LogP contribution in [-0.4, -0.2) is 25.4 Å². The first-order chi connectivity index (χ1) is 13.1. The van der Waals surface area contributed by atoms with Gasteiger partial charge in [-0.3, -0.25) is 9.72 Å². The molecule has 0 saturated heterocycles. The number of aromatic nitrogens is 4. The van der Waals surface area contributed by atoms with E-state index in [1.165, 1.54) is 0 Å². The number of nitrogens with zero attached hydrogens (tertiary/aromatic N) is 4. The van der Waals surface area contributed by atoms with Gasteiger partial charge in [-0.1, -0.05) is 23.7 Å². The normalized spacial score (nSPS) is 10.7. The van der Waals surface area contributed by atoms with Crippen molar-refractivity contribution < 1.29 is 4.79 Å². The Kier molecular flexibility index (Phi) is 4.43. The van der Waals surface area contributed by atoms with E-state index in [4.69, 9.17) is 11.6 Å². The lowest BCUT2D eigenvalue weighted by atomic mass is 10.2. The molecule has 0 saturated carbocycles. The van der Waals surface area contributed by atoms with E-state index in [1.807, 2.05) is 35.7 Å². The predicted octanol–water partition coefficient (Wildman–Crippen LogP) is 4.40. The van der Waals surface area contributed by atoms with Crippen molar-refractivity contribution >= 4 is 34.9 Å². The maximum atomic E-state index is 12.2. The molecule has 0 fully saturated rings. The van der Waals surface area contributed by atoms with Crippen molar-refractivity contribution in [1.29, 1.82) is 0 Å². The van der Waals surface area contributed by atoms with Gasteiger partial charge in [0.25, 0.3) is 0 Å². The molecule has 3 heterocycles. The molecule has 0 radical (unpaired) electrons. The fourth-order valence-corrected chi connectivity index (χ4v) is 2.99. The molecule has 0 unspecified atom stereocenters. The van der Waals surface area contributed by atoms with E-state index in [0.29, 0.717) is 16.4 Å². The molecule has 0 aliphatic carbocycles. The summed E-state index contributed by atoms with van der Waals surface area (Å²) < 4.78 is 1.95. The third-order valence-electron chi connectivity index (χ3n) is 3.91. The number of halogens is 1. The molecule has 134 valence electrons. The van der Waals surface area contributed by atoms with E-state index >= 15 is 0 Å². The number of nitrogens with one attached hydrogen (secondary N) is 2. The van der Waals surface area contributed by atoms with Crippen molar-refractivity contribution in [1.82, 2.24) is 19.4 Å². The second-order valence-corrected chi connectivity index (χ2v) is 6.27. The van der Waals surface area contributed by atoms with E-state index in [-0.39, 0.29) is 5.95 Å². The van der Waals surface area contributed by atoms with Crippen molar-refractivity contribution in [2.45, 2.75) is 6.92 Å². The van der Waals surface area contributed by atoms with Crippen LogP contribution < -0.4 is 10.6 Å². The quantitative estimate of drug-likeness (QED) is 0.553. The Balaban J connectivity index is 1.59. The van der Waals surface area contributed by atoms with E-state index in [2.05, 4.69) is 25.6 Å². The number of carbonyl (C=O) groups excluding carboxylic acids is 1. The number of fused-ring (bicyclic) bond motifs is 1. The third-order valence-corrected chi connectivity index (χ3v) is 4.15. The molecule has 0 spiro atoms. The van der Waals surface area contributed by atoms with Crippen molar-refractivity contribution in [3.8, 4) is 11.4 Å². The van der Waals surface area contributed by atoms with Crippen LogP contribution in [0.5, 0.6) is 0 Å². The number of aryl methyl sites for hydroxylation is 1. The van der Waals surface area contributed by atoms with Gasteiger partial charge >= 0.3 is 6.03 Å². The summed E-state index contributed by atoms with van der Waals surface area (Å²) in [5.41, 5.74) is 3.77. The fourth-order valence-electron chi connectivity index (χ4n) is 2.80. The summed E-state index contributed by atoms with van der Waals surface area (Å²) in [4.78, 5) is 25.3. The molecular weight excluding hydrogens is 364 g/mol. The van der Waals surface area contributed by atoms with Gasteiger partial charge in [0.1, 0.15) is 5.65 Å². The average Bonchev–Trinajstić information content (AvgIpc) is 2.97. The minimum atomic E-state index is -0.454. The zero-order valence-electron chi connectivity index (χ0n) is 14.3. The molecular formula is C19H15ClN6O. The Labute approximate surface area is 160 Å². The summed E-state index contributed by atoms with van der Waals surface area (Å²) in [5.74, 6) is 0.192. The molecule has 0 bridgehead atoms. The Bertz CT molecular complexity index is 1140. The first-order valence-corrected chi connectivity index (χ1v) is 8.58. The number of amides is 2. The lowest BCUT2D eigenvalue weighted by Gasteiger charge is -2.08. The molecule has 2 amide bonds. The number of anilines is 2. The summed E-state index contributed by atoms with van der Waals surface area (Å²) >= 11 is 5.92. The molecule has 0 aliphatic rings. The lowest BCUT2D eigenvalue weighted by molar-refractivity contribution is 0.262. The molecule has 8 heteroatoms.